The van der Waals surface area contributed by atoms with E-state index >= 15 is 0 Å². The van der Waals surface area contributed by atoms with Crippen LogP contribution in [0.3, 0.4) is 0 Å². The Kier molecular flexibility index (Phi) is 6.36. The average Bonchev–Trinajstić information content (AvgIpc) is 2.74. The van der Waals surface area contributed by atoms with Crippen molar-refractivity contribution in [1.29, 1.82) is 0 Å². The van der Waals surface area contributed by atoms with Crippen molar-refractivity contribution in [3.05, 3.63) is 60.2 Å². The Morgan fingerprint density at radius 3 is 2.32 bits per heavy atom. The Hall–Kier alpha value is -2.38. The molecule has 2 aromatic rings. The second-order valence-electron chi connectivity index (χ2n) is 6.96. The van der Waals surface area contributed by atoms with Gasteiger partial charge in [-0.15, -0.1) is 0 Å². The van der Waals surface area contributed by atoms with E-state index in [1.165, 1.54) is 4.31 Å². The summed E-state index contributed by atoms with van der Waals surface area (Å²) in [5, 5.41) is 3.04. The fraction of sp³-hybridized carbons (Fsp3) is 0.381. The van der Waals surface area contributed by atoms with E-state index in [-0.39, 0.29) is 17.9 Å². The smallest absolute Gasteiger partial charge is 0.243 e. The predicted octanol–water partition coefficient (Wildman–Crippen LogP) is 2.97. The molecule has 1 fully saturated rings. The van der Waals surface area contributed by atoms with Crippen molar-refractivity contribution in [2.24, 2.45) is 5.92 Å². The van der Waals surface area contributed by atoms with Gasteiger partial charge >= 0.3 is 0 Å². The highest BCUT2D eigenvalue weighted by molar-refractivity contribution is 7.89. The maximum atomic E-state index is 12.7. The minimum Gasteiger partial charge on any atom is -0.496 e. The van der Waals surface area contributed by atoms with E-state index < -0.39 is 10.0 Å². The number of amides is 1. The van der Waals surface area contributed by atoms with Crippen molar-refractivity contribution in [2.45, 2.75) is 30.7 Å². The average molecular weight is 403 g/mol. The minimum absolute atomic E-state index is 0.0461. The highest BCUT2D eigenvalue weighted by Crippen LogP contribution is 2.27. The van der Waals surface area contributed by atoms with Gasteiger partial charge < -0.3 is 10.1 Å². The fourth-order valence-corrected chi connectivity index (χ4v) is 5.02. The number of methoxy groups -OCH3 is 1. The zero-order valence-electron chi connectivity index (χ0n) is 16.2. The molecule has 0 saturated carbocycles. The lowest BCUT2D eigenvalue weighted by Gasteiger charge is -2.31. The molecule has 1 atom stereocenters. The molecule has 1 amide bonds. The highest BCUT2D eigenvalue weighted by atomic mass is 32.2. The van der Waals surface area contributed by atoms with Crippen molar-refractivity contribution >= 4 is 15.9 Å². The number of ether oxygens (including phenoxy) is 1. The third-order valence-electron chi connectivity index (χ3n) is 5.17. The van der Waals surface area contributed by atoms with Crippen molar-refractivity contribution in [3.63, 3.8) is 0 Å². The van der Waals surface area contributed by atoms with E-state index in [9.17, 15) is 13.2 Å². The lowest BCUT2D eigenvalue weighted by Crippen LogP contribution is -2.43. The number of carbonyl (C=O) groups excluding carboxylic acids is 1. The number of sulfonamides is 1. The number of benzene rings is 2. The number of para-hydroxylation sites is 1. The number of carbonyl (C=O) groups is 1. The van der Waals surface area contributed by atoms with Crippen LogP contribution in [0.4, 0.5) is 0 Å². The van der Waals surface area contributed by atoms with Gasteiger partial charge in [-0.05, 0) is 38.0 Å². The molecule has 1 N–H and O–H groups in total. The molecule has 0 aromatic heterocycles. The highest BCUT2D eigenvalue weighted by Gasteiger charge is 2.32. The van der Waals surface area contributed by atoms with Gasteiger partial charge in [0, 0.05) is 24.6 Å². The second-order valence-corrected chi connectivity index (χ2v) is 8.90. The molecule has 0 spiro atoms. The van der Waals surface area contributed by atoms with Crippen LogP contribution < -0.4 is 10.1 Å². The quantitative estimate of drug-likeness (QED) is 0.806. The topological polar surface area (TPSA) is 75.7 Å². The van der Waals surface area contributed by atoms with Crippen molar-refractivity contribution < 1.29 is 17.9 Å². The van der Waals surface area contributed by atoms with Crippen molar-refractivity contribution in [2.75, 3.05) is 20.2 Å². The van der Waals surface area contributed by atoms with Gasteiger partial charge in [-0.3, -0.25) is 4.79 Å². The molecule has 0 bridgehead atoms. The van der Waals surface area contributed by atoms with E-state index in [0.717, 1.165) is 11.3 Å². The lowest BCUT2D eigenvalue weighted by molar-refractivity contribution is -0.126. The van der Waals surface area contributed by atoms with Gasteiger partial charge in [0.2, 0.25) is 15.9 Å². The Morgan fingerprint density at radius 2 is 1.68 bits per heavy atom. The van der Waals surface area contributed by atoms with E-state index in [0.29, 0.717) is 30.8 Å². The van der Waals surface area contributed by atoms with Crippen LogP contribution >= 0.6 is 0 Å². The third kappa shape index (κ3) is 4.36. The molecule has 2 aromatic carbocycles. The summed E-state index contributed by atoms with van der Waals surface area (Å²) in [5.74, 6) is 0.494. The maximum absolute atomic E-state index is 12.7. The molecule has 150 valence electrons. The van der Waals surface area contributed by atoms with Gasteiger partial charge in [-0.25, -0.2) is 8.42 Å². The molecular weight excluding hydrogens is 376 g/mol. The summed E-state index contributed by atoms with van der Waals surface area (Å²) in [7, 11) is -1.89. The number of nitrogens with one attached hydrogen (secondary N) is 1. The first-order chi connectivity index (χ1) is 13.4. The monoisotopic (exact) mass is 402 g/mol. The summed E-state index contributed by atoms with van der Waals surface area (Å²) in [6, 6.07) is 15.8. The Labute approximate surface area is 166 Å². The molecule has 6 nitrogen and oxygen atoms in total. The van der Waals surface area contributed by atoms with Crippen LogP contribution in [0, 0.1) is 5.92 Å². The molecule has 1 heterocycles. The lowest BCUT2D eigenvalue weighted by atomic mass is 9.96. The normalized spacial score (nSPS) is 17.1. The first-order valence-corrected chi connectivity index (χ1v) is 10.9. The van der Waals surface area contributed by atoms with E-state index in [4.69, 9.17) is 4.74 Å². The fourth-order valence-electron chi connectivity index (χ4n) is 3.53. The molecule has 1 aliphatic heterocycles. The number of piperidine rings is 1. The molecule has 0 unspecified atom stereocenters. The van der Waals surface area contributed by atoms with E-state index in [1.807, 2.05) is 31.2 Å². The largest absolute Gasteiger partial charge is 0.496 e. The predicted molar refractivity (Wildman–Crippen MR) is 107 cm³/mol. The van der Waals surface area contributed by atoms with Gasteiger partial charge in [0.15, 0.2) is 0 Å². The number of nitrogens with zero attached hydrogens (tertiary/aromatic N) is 1. The molecule has 3 rings (SSSR count). The number of hydrogen-bond donors (Lipinski definition) is 1. The van der Waals surface area contributed by atoms with E-state index in [1.54, 1.807) is 37.4 Å². The van der Waals surface area contributed by atoms with Crippen LogP contribution in [-0.4, -0.2) is 38.8 Å². The summed E-state index contributed by atoms with van der Waals surface area (Å²) < 4.78 is 32.2. The van der Waals surface area contributed by atoms with Crippen LogP contribution in [0.25, 0.3) is 0 Å². The van der Waals surface area contributed by atoms with Gasteiger partial charge in [0.1, 0.15) is 5.75 Å². The van der Waals surface area contributed by atoms with Gasteiger partial charge in [-0.1, -0.05) is 36.4 Å². The molecule has 7 heteroatoms. The van der Waals surface area contributed by atoms with Crippen LogP contribution in [0.5, 0.6) is 5.75 Å². The zero-order valence-corrected chi connectivity index (χ0v) is 17.0. The summed E-state index contributed by atoms with van der Waals surface area (Å²) in [5.41, 5.74) is 0.919. The molecular formula is C21H26N2O4S. The van der Waals surface area contributed by atoms with Crippen LogP contribution in [-0.2, 0) is 14.8 Å². The van der Waals surface area contributed by atoms with Gasteiger partial charge in [0.25, 0.3) is 0 Å². The first kappa shape index (κ1) is 20.4. The maximum Gasteiger partial charge on any atom is 0.243 e. The van der Waals surface area contributed by atoms with Crippen LogP contribution in [0.2, 0.25) is 0 Å². The van der Waals surface area contributed by atoms with Crippen LogP contribution in [0.1, 0.15) is 31.4 Å². The first-order valence-electron chi connectivity index (χ1n) is 9.42. The number of rotatable bonds is 6. The zero-order chi connectivity index (χ0) is 20.1. The molecule has 28 heavy (non-hydrogen) atoms. The Bertz CT molecular complexity index is 907. The summed E-state index contributed by atoms with van der Waals surface area (Å²) in [6.07, 6.45) is 1.02. The summed E-state index contributed by atoms with van der Waals surface area (Å²) in [4.78, 5) is 13.0. The van der Waals surface area contributed by atoms with E-state index in [2.05, 4.69) is 5.32 Å². The SMILES string of the molecule is COc1ccccc1[C@H](C)NC(=O)C1CCN(S(=O)(=O)c2ccccc2)CC1. The third-order valence-corrected chi connectivity index (χ3v) is 7.08. The second kappa shape index (κ2) is 8.75. The molecule has 0 radical (unpaired) electrons. The Balaban J connectivity index is 1.59. The molecule has 0 aliphatic carbocycles. The van der Waals surface area contributed by atoms with Crippen molar-refractivity contribution in [1.82, 2.24) is 9.62 Å². The Morgan fingerprint density at radius 1 is 1.07 bits per heavy atom. The molecule has 1 saturated heterocycles. The van der Waals surface area contributed by atoms with Crippen molar-refractivity contribution in [3.8, 4) is 5.75 Å². The minimum atomic E-state index is -3.50. The molecule has 1 aliphatic rings. The summed E-state index contributed by atoms with van der Waals surface area (Å²) in [6.45, 7) is 2.61. The van der Waals surface area contributed by atoms with Gasteiger partial charge in [-0.2, -0.15) is 4.31 Å². The number of hydrogen-bond acceptors (Lipinski definition) is 4. The standard InChI is InChI=1S/C21H26N2O4S/c1-16(19-10-6-7-11-20(19)27-2)22-21(24)17-12-14-23(15-13-17)28(25,26)18-8-4-3-5-9-18/h3-11,16-17H,12-15H2,1-2H3,(H,22,24)/t16-/m0/s1. The summed E-state index contributed by atoms with van der Waals surface area (Å²) >= 11 is 0. The van der Waals surface area contributed by atoms with Crippen LogP contribution in [0.15, 0.2) is 59.5 Å². The van der Waals surface area contributed by atoms with Gasteiger partial charge in [0.05, 0.1) is 18.0 Å².